The predicted molar refractivity (Wildman–Crippen MR) is 85.6 cm³/mol. The lowest BCUT2D eigenvalue weighted by Gasteiger charge is -2.10. The first-order valence-electron chi connectivity index (χ1n) is 6.54. The molecule has 5 nitrogen and oxygen atoms in total. The Morgan fingerprint density at radius 1 is 1.00 bits per heavy atom. The second kappa shape index (κ2) is 4.86. The molecule has 6 N–H and O–H groups in total. The summed E-state index contributed by atoms with van der Waals surface area (Å²) in [4.78, 5) is 4.62. The molecule has 1 aliphatic heterocycles. The molecular formula is C16H15N5. The van der Waals surface area contributed by atoms with Crippen molar-refractivity contribution in [2.45, 2.75) is 6.42 Å². The topological polar surface area (TPSA) is 112 Å². The third kappa shape index (κ3) is 2.41. The molecule has 5 heteroatoms. The van der Waals surface area contributed by atoms with Gasteiger partial charge in [-0.25, -0.2) is 0 Å². The van der Waals surface area contributed by atoms with Crippen molar-refractivity contribution in [3.8, 4) is 0 Å². The molecule has 3 rings (SSSR count). The second-order valence-electron chi connectivity index (χ2n) is 4.98. The van der Waals surface area contributed by atoms with E-state index < -0.39 is 0 Å². The number of amidine groups is 2. The normalized spacial score (nSPS) is 16.4. The second-order valence-corrected chi connectivity index (χ2v) is 4.98. The Balaban J connectivity index is 1.88. The summed E-state index contributed by atoms with van der Waals surface area (Å²) in [7, 11) is 0. The quantitative estimate of drug-likeness (QED) is 0.500. The minimum absolute atomic E-state index is 0.0555. The van der Waals surface area contributed by atoms with Crippen LogP contribution in [0.5, 0.6) is 0 Å². The Hall–Kier alpha value is -2.95. The fraction of sp³-hybridized carbons (Fsp3) is 0.0625. The molecule has 0 aromatic heterocycles. The molecule has 0 unspecified atom stereocenters. The lowest BCUT2D eigenvalue weighted by atomic mass is 9.96. The van der Waals surface area contributed by atoms with Crippen molar-refractivity contribution in [2.75, 3.05) is 0 Å². The van der Waals surface area contributed by atoms with Gasteiger partial charge in [0.25, 0.3) is 0 Å². The zero-order valence-corrected chi connectivity index (χ0v) is 11.4. The molecule has 2 aliphatic rings. The van der Waals surface area contributed by atoms with E-state index in [1.807, 2.05) is 42.5 Å². The molecule has 0 saturated carbocycles. The van der Waals surface area contributed by atoms with Crippen LogP contribution in [0.25, 0.3) is 5.70 Å². The number of hydrogen-bond donors (Lipinski definition) is 4. The molecule has 1 aromatic rings. The number of rotatable bonds is 3. The van der Waals surface area contributed by atoms with Crippen molar-refractivity contribution in [1.82, 2.24) is 0 Å². The van der Waals surface area contributed by atoms with Crippen molar-refractivity contribution < 1.29 is 0 Å². The van der Waals surface area contributed by atoms with E-state index >= 15 is 0 Å². The van der Waals surface area contributed by atoms with Crippen LogP contribution < -0.4 is 11.5 Å². The van der Waals surface area contributed by atoms with E-state index in [-0.39, 0.29) is 11.7 Å². The van der Waals surface area contributed by atoms with Gasteiger partial charge in [0, 0.05) is 17.5 Å². The number of hydrogen-bond acceptors (Lipinski definition) is 3. The van der Waals surface area contributed by atoms with Gasteiger partial charge in [0.2, 0.25) is 0 Å². The van der Waals surface area contributed by atoms with E-state index in [9.17, 15) is 0 Å². The largest absolute Gasteiger partial charge is 0.384 e. The third-order valence-electron chi connectivity index (χ3n) is 3.54. The minimum atomic E-state index is 0.0555. The number of nitrogens with zero attached hydrogens (tertiary/aromatic N) is 1. The fourth-order valence-electron chi connectivity index (χ4n) is 2.34. The minimum Gasteiger partial charge on any atom is -0.384 e. The summed E-state index contributed by atoms with van der Waals surface area (Å²) in [5, 5.41) is 14.9. The van der Waals surface area contributed by atoms with Crippen LogP contribution in [0.15, 0.2) is 58.6 Å². The first kappa shape index (κ1) is 13.1. The highest BCUT2D eigenvalue weighted by Crippen LogP contribution is 2.30. The molecule has 0 radical (unpaired) electrons. The van der Waals surface area contributed by atoms with Gasteiger partial charge in [-0.3, -0.25) is 15.8 Å². The molecule has 21 heavy (non-hydrogen) atoms. The van der Waals surface area contributed by atoms with Gasteiger partial charge in [0.15, 0.2) is 0 Å². The molecule has 0 spiro atoms. The smallest absolute Gasteiger partial charge is 0.122 e. The Labute approximate surface area is 122 Å². The number of nitrogens with one attached hydrogen (secondary N) is 2. The first-order chi connectivity index (χ1) is 10.0. The summed E-state index contributed by atoms with van der Waals surface area (Å²) in [6.45, 7) is 0. The summed E-state index contributed by atoms with van der Waals surface area (Å²) < 4.78 is 0. The summed E-state index contributed by atoms with van der Waals surface area (Å²) in [5.74, 6) is 0.146. The van der Waals surface area contributed by atoms with E-state index in [0.29, 0.717) is 12.0 Å². The highest BCUT2D eigenvalue weighted by atomic mass is 14.8. The van der Waals surface area contributed by atoms with Crippen LogP contribution in [-0.4, -0.2) is 17.4 Å². The maximum Gasteiger partial charge on any atom is 0.122 e. The lowest BCUT2D eigenvalue weighted by molar-refractivity contribution is 1.29. The van der Waals surface area contributed by atoms with Crippen LogP contribution in [-0.2, 0) is 0 Å². The highest BCUT2D eigenvalue weighted by molar-refractivity contribution is 6.16. The molecule has 0 saturated heterocycles. The maximum atomic E-state index is 7.49. The maximum absolute atomic E-state index is 7.49. The van der Waals surface area contributed by atoms with E-state index in [1.54, 1.807) is 0 Å². The highest BCUT2D eigenvalue weighted by Gasteiger charge is 2.20. The predicted octanol–water partition coefficient (Wildman–Crippen LogP) is 1.96. The molecule has 0 amide bonds. The van der Waals surface area contributed by atoms with Gasteiger partial charge in [0.1, 0.15) is 11.7 Å². The molecule has 0 fully saturated rings. The van der Waals surface area contributed by atoms with Crippen molar-refractivity contribution in [3.63, 3.8) is 0 Å². The number of nitrogen functional groups attached to an aromatic ring is 1. The molecule has 1 heterocycles. The zero-order valence-electron chi connectivity index (χ0n) is 11.4. The molecular weight excluding hydrogens is 262 g/mol. The molecule has 0 atom stereocenters. The van der Waals surface area contributed by atoms with Gasteiger partial charge in [-0.2, -0.15) is 0 Å². The van der Waals surface area contributed by atoms with E-state index in [2.05, 4.69) is 4.99 Å². The van der Waals surface area contributed by atoms with Crippen LogP contribution in [0.3, 0.4) is 0 Å². The van der Waals surface area contributed by atoms with Crippen LogP contribution in [0.2, 0.25) is 0 Å². The van der Waals surface area contributed by atoms with Crippen molar-refractivity contribution in [2.24, 2.45) is 16.5 Å². The Bertz CT molecular complexity index is 760. The van der Waals surface area contributed by atoms with E-state index in [1.165, 1.54) is 0 Å². The third-order valence-corrected chi connectivity index (χ3v) is 3.54. The number of aliphatic imine (C=N–C) groups is 1. The number of allylic oxidation sites excluding steroid dienone is 4. The van der Waals surface area contributed by atoms with Gasteiger partial charge in [0.05, 0.1) is 11.4 Å². The van der Waals surface area contributed by atoms with Crippen LogP contribution in [0.1, 0.15) is 17.5 Å². The van der Waals surface area contributed by atoms with Gasteiger partial charge in [-0.1, -0.05) is 36.4 Å². The summed E-state index contributed by atoms with van der Waals surface area (Å²) in [6, 6.07) is 7.44. The molecule has 1 aromatic carbocycles. The van der Waals surface area contributed by atoms with Crippen molar-refractivity contribution in [1.29, 1.82) is 10.8 Å². The zero-order chi connectivity index (χ0) is 15.0. The van der Waals surface area contributed by atoms with E-state index in [0.717, 1.165) is 28.1 Å². The lowest BCUT2D eigenvalue weighted by Crippen LogP contribution is -2.17. The average molecular weight is 277 g/mol. The standard InChI is InChI=1S/C16H15N5/c17-15(18)10-3-1-9(2-4-10)13-7-11-5-6-12(16(19)20)8-14(11)21-13/h1-7H,8H2,(H3,17,18)(H3,19,20). The Morgan fingerprint density at radius 3 is 2.33 bits per heavy atom. The van der Waals surface area contributed by atoms with Gasteiger partial charge < -0.3 is 11.5 Å². The van der Waals surface area contributed by atoms with Crippen molar-refractivity contribution >= 4 is 23.1 Å². The molecule has 1 aliphatic carbocycles. The van der Waals surface area contributed by atoms with Crippen LogP contribution in [0, 0.1) is 10.8 Å². The van der Waals surface area contributed by atoms with Crippen LogP contribution >= 0.6 is 0 Å². The Morgan fingerprint density at radius 2 is 1.71 bits per heavy atom. The number of nitrogens with two attached hydrogens (primary N) is 2. The van der Waals surface area contributed by atoms with Gasteiger partial charge >= 0.3 is 0 Å². The number of fused-ring (bicyclic) bond motifs is 1. The SMILES string of the molecule is N=C(N)C1=CC=C2C=C(c3ccc(C(=N)N)cc3)N=C2C1. The fourth-order valence-corrected chi connectivity index (χ4v) is 2.34. The summed E-state index contributed by atoms with van der Waals surface area (Å²) >= 11 is 0. The van der Waals surface area contributed by atoms with Crippen molar-refractivity contribution in [3.05, 3.63) is 64.8 Å². The first-order valence-corrected chi connectivity index (χ1v) is 6.54. The summed E-state index contributed by atoms with van der Waals surface area (Å²) in [6.07, 6.45) is 6.42. The number of benzene rings is 1. The monoisotopic (exact) mass is 277 g/mol. The van der Waals surface area contributed by atoms with Crippen LogP contribution in [0.4, 0.5) is 0 Å². The summed E-state index contributed by atoms with van der Waals surface area (Å²) in [5.41, 5.74) is 16.3. The molecule has 0 bridgehead atoms. The Kier molecular flexibility index (Phi) is 3.02. The van der Waals surface area contributed by atoms with E-state index in [4.69, 9.17) is 22.3 Å². The van der Waals surface area contributed by atoms with Gasteiger partial charge in [-0.05, 0) is 17.2 Å². The average Bonchev–Trinajstić information content (AvgIpc) is 2.90. The van der Waals surface area contributed by atoms with Gasteiger partial charge in [-0.15, -0.1) is 0 Å². The molecule has 104 valence electrons.